The van der Waals surface area contributed by atoms with Gasteiger partial charge in [0.2, 0.25) is 5.91 Å². The second kappa shape index (κ2) is 7.29. The third kappa shape index (κ3) is 3.73. The van der Waals surface area contributed by atoms with E-state index in [9.17, 15) is 4.79 Å². The lowest BCUT2D eigenvalue weighted by Gasteiger charge is -2.29. The molecule has 1 aliphatic heterocycles. The zero-order valence-corrected chi connectivity index (χ0v) is 12.4. The van der Waals surface area contributed by atoms with Crippen molar-refractivity contribution in [1.29, 1.82) is 0 Å². The maximum Gasteiger partial charge on any atom is 0.239 e. The van der Waals surface area contributed by atoms with Crippen LogP contribution in [0.25, 0.3) is 0 Å². The van der Waals surface area contributed by atoms with Crippen molar-refractivity contribution in [3.63, 3.8) is 0 Å². The second-order valence-electron chi connectivity index (χ2n) is 5.20. The highest BCUT2D eigenvalue weighted by Crippen LogP contribution is 2.15. The van der Waals surface area contributed by atoms with Crippen molar-refractivity contribution >= 4 is 5.91 Å². The second-order valence-corrected chi connectivity index (χ2v) is 5.20. The molecule has 20 heavy (non-hydrogen) atoms. The van der Waals surface area contributed by atoms with Gasteiger partial charge in [0.1, 0.15) is 5.75 Å². The van der Waals surface area contributed by atoms with Crippen molar-refractivity contribution in [2.24, 2.45) is 0 Å². The SMILES string of the molecule is CCN(Cc1ccc(OC)cc1)C(=O)C1CCCCN1. The van der Waals surface area contributed by atoms with Crippen molar-refractivity contribution < 1.29 is 9.53 Å². The van der Waals surface area contributed by atoms with Crippen LogP contribution >= 0.6 is 0 Å². The molecule has 0 saturated carbocycles. The summed E-state index contributed by atoms with van der Waals surface area (Å²) < 4.78 is 5.15. The molecular formula is C16H24N2O2. The van der Waals surface area contributed by atoms with E-state index in [1.54, 1.807) is 7.11 Å². The molecule has 0 spiro atoms. The van der Waals surface area contributed by atoms with Crippen LogP contribution in [0.15, 0.2) is 24.3 Å². The van der Waals surface area contributed by atoms with E-state index in [0.717, 1.165) is 37.2 Å². The number of carbonyl (C=O) groups excluding carboxylic acids is 1. The van der Waals surface area contributed by atoms with Crippen LogP contribution in [0, 0.1) is 0 Å². The van der Waals surface area contributed by atoms with E-state index < -0.39 is 0 Å². The number of amides is 1. The number of hydrogen-bond acceptors (Lipinski definition) is 3. The van der Waals surface area contributed by atoms with E-state index in [0.29, 0.717) is 6.54 Å². The highest BCUT2D eigenvalue weighted by Gasteiger charge is 2.24. The zero-order chi connectivity index (χ0) is 14.4. The number of likely N-dealkylation sites (N-methyl/N-ethyl adjacent to an activating group) is 1. The summed E-state index contributed by atoms with van der Waals surface area (Å²) in [6.45, 7) is 4.39. The number of nitrogens with one attached hydrogen (secondary N) is 1. The molecule has 0 aliphatic carbocycles. The first-order chi connectivity index (χ1) is 9.74. The van der Waals surface area contributed by atoms with E-state index in [-0.39, 0.29) is 11.9 Å². The summed E-state index contributed by atoms with van der Waals surface area (Å²) in [5, 5.41) is 3.33. The molecule has 1 aromatic carbocycles. The van der Waals surface area contributed by atoms with Crippen molar-refractivity contribution in [2.75, 3.05) is 20.2 Å². The van der Waals surface area contributed by atoms with Crippen molar-refractivity contribution in [2.45, 2.75) is 38.8 Å². The van der Waals surface area contributed by atoms with Crippen LogP contribution in [-0.4, -0.2) is 37.0 Å². The monoisotopic (exact) mass is 276 g/mol. The minimum absolute atomic E-state index is 0.00180. The van der Waals surface area contributed by atoms with Crippen LogP contribution in [0.5, 0.6) is 5.75 Å². The first-order valence-corrected chi connectivity index (χ1v) is 7.39. The van der Waals surface area contributed by atoms with Gasteiger partial charge < -0.3 is 15.0 Å². The highest BCUT2D eigenvalue weighted by atomic mass is 16.5. The number of methoxy groups -OCH3 is 1. The van der Waals surface area contributed by atoms with Crippen LogP contribution in [-0.2, 0) is 11.3 Å². The fourth-order valence-corrected chi connectivity index (χ4v) is 2.58. The Morgan fingerprint density at radius 1 is 1.35 bits per heavy atom. The van der Waals surface area contributed by atoms with Crippen molar-refractivity contribution in [3.8, 4) is 5.75 Å². The van der Waals surface area contributed by atoms with Gasteiger partial charge in [-0.1, -0.05) is 18.6 Å². The quantitative estimate of drug-likeness (QED) is 0.896. The molecule has 0 aromatic heterocycles. The zero-order valence-electron chi connectivity index (χ0n) is 12.4. The summed E-state index contributed by atoms with van der Waals surface area (Å²) in [5.41, 5.74) is 1.14. The molecule has 1 saturated heterocycles. The fraction of sp³-hybridized carbons (Fsp3) is 0.562. The van der Waals surface area contributed by atoms with Gasteiger partial charge in [0.15, 0.2) is 0 Å². The predicted octanol–water partition coefficient (Wildman–Crippen LogP) is 2.19. The number of ether oxygens (including phenoxy) is 1. The fourth-order valence-electron chi connectivity index (χ4n) is 2.58. The van der Waals surface area contributed by atoms with Gasteiger partial charge in [-0.3, -0.25) is 4.79 Å². The Kier molecular flexibility index (Phi) is 5.41. The molecule has 1 aromatic rings. The average molecular weight is 276 g/mol. The maximum atomic E-state index is 12.5. The van der Waals surface area contributed by atoms with Crippen molar-refractivity contribution in [3.05, 3.63) is 29.8 Å². The highest BCUT2D eigenvalue weighted by molar-refractivity contribution is 5.82. The van der Waals surface area contributed by atoms with Gasteiger partial charge >= 0.3 is 0 Å². The van der Waals surface area contributed by atoms with Crippen LogP contribution in [0.1, 0.15) is 31.7 Å². The van der Waals surface area contributed by atoms with Gasteiger partial charge in [0, 0.05) is 13.1 Å². The average Bonchev–Trinajstić information content (AvgIpc) is 2.53. The summed E-state index contributed by atoms with van der Waals surface area (Å²) >= 11 is 0. The molecule has 2 rings (SSSR count). The van der Waals surface area contributed by atoms with Gasteiger partial charge in [-0.15, -0.1) is 0 Å². The predicted molar refractivity (Wildman–Crippen MR) is 79.7 cm³/mol. The Morgan fingerprint density at radius 3 is 2.65 bits per heavy atom. The number of piperidine rings is 1. The number of carbonyl (C=O) groups is 1. The first kappa shape index (κ1) is 14.9. The summed E-state index contributed by atoms with van der Waals surface area (Å²) in [6, 6.07) is 7.91. The number of hydrogen-bond donors (Lipinski definition) is 1. The Morgan fingerprint density at radius 2 is 2.10 bits per heavy atom. The van der Waals surface area contributed by atoms with Crippen LogP contribution in [0.4, 0.5) is 0 Å². The molecule has 4 nitrogen and oxygen atoms in total. The Balaban J connectivity index is 1.97. The Hall–Kier alpha value is -1.55. The number of nitrogens with zero attached hydrogens (tertiary/aromatic N) is 1. The minimum Gasteiger partial charge on any atom is -0.497 e. The molecule has 110 valence electrons. The van der Waals surface area contributed by atoms with Gasteiger partial charge in [-0.05, 0) is 44.0 Å². The van der Waals surface area contributed by atoms with E-state index >= 15 is 0 Å². The van der Waals surface area contributed by atoms with E-state index in [2.05, 4.69) is 5.32 Å². The smallest absolute Gasteiger partial charge is 0.239 e. The summed E-state index contributed by atoms with van der Waals surface area (Å²) in [4.78, 5) is 14.4. The molecule has 4 heteroatoms. The Bertz CT molecular complexity index is 425. The van der Waals surface area contributed by atoms with Crippen LogP contribution in [0.2, 0.25) is 0 Å². The minimum atomic E-state index is 0.00180. The summed E-state index contributed by atoms with van der Waals surface area (Å²) in [5.74, 6) is 1.07. The normalized spacial score (nSPS) is 18.6. The summed E-state index contributed by atoms with van der Waals surface area (Å²) in [6.07, 6.45) is 3.27. The molecule has 1 N–H and O–H groups in total. The molecule has 1 amide bonds. The first-order valence-electron chi connectivity index (χ1n) is 7.39. The molecule has 1 heterocycles. The number of benzene rings is 1. The third-order valence-electron chi connectivity index (χ3n) is 3.83. The lowest BCUT2D eigenvalue weighted by atomic mass is 10.0. The molecular weight excluding hydrogens is 252 g/mol. The Labute approximate surface area is 121 Å². The van der Waals surface area contributed by atoms with Gasteiger partial charge in [0.05, 0.1) is 13.2 Å². The van der Waals surface area contributed by atoms with Gasteiger partial charge in [-0.25, -0.2) is 0 Å². The molecule has 0 bridgehead atoms. The standard InChI is InChI=1S/C16H24N2O2/c1-3-18(16(19)15-6-4-5-11-17-15)12-13-7-9-14(20-2)10-8-13/h7-10,15,17H,3-6,11-12H2,1-2H3. The number of rotatable bonds is 5. The molecule has 1 aliphatic rings. The van der Waals surface area contributed by atoms with Gasteiger partial charge in [-0.2, -0.15) is 0 Å². The molecule has 0 radical (unpaired) electrons. The van der Waals surface area contributed by atoms with Crippen molar-refractivity contribution in [1.82, 2.24) is 10.2 Å². The van der Waals surface area contributed by atoms with Crippen LogP contribution in [0.3, 0.4) is 0 Å². The van der Waals surface area contributed by atoms with E-state index in [1.807, 2.05) is 36.1 Å². The summed E-state index contributed by atoms with van der Waals surface area (Å²) in [7, 11) is 1.66. The van der Waals surface area contributed by atoms with Gasteiger partial charge in [0.25, 0.3) is 0 Å². The molecule has 1 atom stereocenters. The van der Waals surface area contributed by atoms with Crippen LogP contribution < -0.4 is 10.1 Å². The molecule has 1 fully saturated rings. The lowest BCUT2D eigenvalue weighted by molar-refractivity contribution is -0.134. The lowest BCUT2D eigenvalue weighted by Crippen LogP contribution is -2.48. The molecule has 1 unspecified atom stereocenters. The topological polar surface area (TPSA) is 41.6 Å². The van der Waals surface area contributed by atoms with E-state index in [4.69, 9.17) is 4.74 Å². The van der Waals surface area contributed by atoms with E-state index in [1.165, 1.54) is 6.42 Å². The third-order valence-corrected chi connectivity index (χ3v) is 3.83. The maximum absolute atomic E-state index is 12.5. The largest absolute Gasteiger partial charge is 0.497 e.